The molecule has 0 bridgehead atoms. The Morgan fingerprint density at radius 3 is 2.50 bits per heavy atom. The molecule has 5 nitrogen and oxygen atoms in total. The van der Waals surface area contributed by atoms with Gasteiger partial charge < -0.3 is 9.47 Å². The van der Waals surface area contributed by atoms with Crippen molar-refractivity contribution >= 4 is 26.0 Å². The Morgan fingerprint density at radius 1 is 1.15 bits per heavy atom. The van der Waals surface area contributed by atoms with Gasteiger partial charge in [-0.25, -0.2) is 0 Å². The number of aryl methyl sites for hydroxylation is 1. The topological polar surface area (TPSA) is 61.8 Å². The minimum atomic E-state index is -3.79. The van der Waals surface area contributed by atoms with Gasteiger partial charge in [-0.05, 0) is 19.1 Å². The first-order valence-electron chi connectivity index (χ1n) is 6.34. The molecule has 2 aliphatic rings. The number of hydrogen-bond acceptors (Lipinski definition) is 5. The summed E-state index contributed by atoms with van der Waals surface area (Å²) in [5, 5.41) is 0. The summed E-state index contributed by atoms with van der Waals surface area (Å²) in [4.78, 5) is 0.239. The third kappa shape index (κ3) is 2.65. The number of halogens is 1. The molecule has 0 aromatic heterocycles. The van der Waals surface area contributed by atoms with E-state index in [0.717, 1.165) is 5.56 Å². The molecule has 0 saturated carbocycles. The Labute approximate surface area is 126 Å². The van der Waals surface area contributed by atoms with E-state index in [1.165, 1.54) is 0 Å². The lowest BCUT2D eigenvalue weighted by molar-refractivity contribution is 0.0337. The van der Waals surface area contributed by atoms with Gasteiger partial charge in [0.15, 0.2) is 0 Å². The highest BCUT2D eigenvalue weighted by molar-refractivity contribution is 9.09. The molecule has 7 heteroatoms. The predicted molar refractivity (Wildman–Crippen MR) is 75.4 cm³/mol. The van der Waals surface area contributed by atoms with Crippen molar-refractivity contribution in [3.63, 3.8) is 0 Å². The van der Waals surface area contributed by atoms with Crippen molar-refractivity contribution in [2.75, 3.05) is 13.2 Å². The van der Waals surface area contributed by atoms with Crippen LogP contribution in [0, 0.1) is 6.92 Å². The molecule has 0 radical (unpaired) electrons. The second-order valence-electron chi connectivity index (χ2n) is 5.01. The van der Waals surface area contributed by atoms with Gasteiger partial charge in [-0.2, -0.15) is 8.42 Å². The molecule has 4 atom stereocenters. The first-order chi connectivity index (χ1) is 9.47. The standard InChI is InChI=1S/C13H15BrO5S/c1-8-2-4-9(5-3-8)20(15,16)19-11-7-18-12-10(14)6-17-13(11)12/h2-5,10-13H,6-7H2,1H3/t10-,11-,12?,13?/m0/s1. The number of benzene rings is 1. The van der Waals surface area contributed by atoms with Crippen LogP contribution in [0.1, 0.15) is 5.56 Å². The first-order valence-corrected chi connectivity index (χ1v) is 8.67. The van der Waals surface area contributed by atoms with Crippen LogP contribution in [-0.2, 0) is 23.8 Å². The van der Waals surface area contributed by atoms with E-state index >= 15 is 0 Å². The number of hydrogen-bond donors (Lipinski definition) is 0. The van der Waals surface area contributed by atoms with Gasteiger partial charge in [0, 0.05) is 0 Å². The Hall–Kier alpha value is -0.470. The molecule has 2 heterocycles. The molecule has 2 unspecified atom stereocenters. The summed E-state index contributed by atoms with van der Waals surface area (Å²) in [6, 6.07) is 6.57. The summed E-state index contributed by atoms with van der Waals surface area (Å²) < 4.78 is 40.8. The molecule has 0 N–H and O–H groups in total. The van der Waals surface area contributed by atoms with Crippen molar-refractivity contribution in [2.45, 2.75) is 35.0 Å². The van der Waals surface area contributed by atoms with Crippen LogP contribution < -0.4 is 0 Å². The van der Waals surface area contributed by atoms with Crippen LogP contribution in [-0.4, -0.2) is 44.8 Å². The summed E-state index contributed by atoms with van der Waals surface area (Å²) in [6.45, 7) is 2.62. The van der Waals surface area contributed by atoms with Gasteiger partial charge in [0.25, 0.3) is 10.1 Å². The third-order valence-electron chi connectivity index (χ3n) is 3.51. The van der Waals surface area contributed by atoms with E-state index in [-0.39, 0.29) is 28.5 Å². The largest absolute Gasteiger partial charge is 0.371 e. The van der Waals surface area contributed by atoms with E-state index in [0.29, 0.717) is 6.61 Å². The van der Waals surface area contributed by atoms with Gasteiger partial charge in [0.05, 0.1) is 22.9 Å². The SMILES string of the molecule is Cc1ccc(S(=O)(=O)O[C@H]2COC3C2OC[C@@H]3Br)cc1. The van der Waals surface area contributed by atoms with Crippen LogP contribution in [0.2, 0.25) is 0 Å². The molecule has 2 fully saturated rings. The summed E-state index contributed by atoms with van der Waals surface area (Å²) in [5.74, 6) is 0. The zero-order valence-electron chi connectivity index (χ0n) is 10.9. The van der Waals surface area contributed by atoms with Crippen LogP contribution in [0.5, 0.6) is 0 Å². The Bertz CT molecular complexity index is 585. The van der Waals surface area contributed by atoms with Crippen molar-refractivity contribution in [1.29, 1.82) is 0 Å². The Morgan fingerprint density at radius 2 is 1.80 bits per heavy atom. The normalized spacial score (nSPS) is 33.3. The van der Waals surface area contributed by atoms with Crippen LogP contribution in [0.15, 0.2) is 29.2 Å². The number of fused-ring (bicyclic) bond motifs is 1. The molecule has 20 heavy (non-hydrogen) atoms. The lowest BCUT2D eigenvalue weighted by Gasteiger charge is -2.16. The Balaban J connectivity index is 1.76. The van der Waals surface area contributed by atoms with Crippen molar-refractivity contribution in [3.8, 4) is 0 Å². The van der Waals surface area contributed by atoms with E-state index in [9.17, 15) is 8.42 Å². The van der Waals surface area contributed by atoms with Gasteiger partial charge in [0.2, 0.25) is 0 Å². The summed E-state index contributed by atoms with van der Waals surface area (Å²) >= 11 is 3.45. The molecule has 0 aliphatic carbocycles. The maximum absolute atomic E-state index is 12.2. The van der Waals surface area contributed by atoms with Crippen LogP contribution in [0.4, 0.5) is 0 Å². The third-order valence-corrected chi connectivity index (χ3v) is 5.64. The number of rotatable bonds is 3. The molecule has 1 aromatic carbocycles. The van der Waals surface area contributed by atoms with Crippen molar-refractivity contribution in [2.24, 2.45) is 0 Å². The molecule has 2 aliphatic heterocycles. The van der Waals surface area contributed by atoms with Gasteiger partial charge >= 0.3 is 0 Å². The minimum absolute atomic E-state index is 0.0863. The van der Waals surface area contributed by atoms with Gasteiger partial charge in [-0.15, -0.1) is 0 Å². The second-order valence-corrected chi connectivity index (χ2v) is 7.76. The fraction of sp³-hybridized carbons (Fsp3) is 0.538. The molecule has 0 amide bonds. The second kappa shape index (κ2) is 5.38. The Kier molecular flexibility index (Phi) is 3.89. The zero-order valence-corrected chi connectivity index (χ0v) is 13.3. The highest BCUT2D eigenvalue weighted by Gasteiger charge is 2.49. The maximum atomic E-state index is 12.2. The fourth-order valence-electron chi connectivity index (χ4n) is 2.42. The van der Waals surface area contributed by atoms with E-state index in [2.05, 4.69) is 15.9 Å². The molecule has 1 aromatic rings. The van der Waals surface area contributed by atoms with E-state index in [1.807, 2.05) is 6.92 Å². The van der Waals surface area contributed by atoms with E-state index < -0.39 is 16.2 Å². The molecule has 2 saturated heterocycles. The zero-order chi connectivity index (χ0) is 14.3. The summed E-state index contributed by atoms with van der Waals surface area (Å²) in [5.41, 5.74) is 0.995. The fourth-order valence-corrected chi connectivity index (χ4v) is 4.10. The van der Waals surface area contributed by atoms with Crippen molar-refractivity contribution in [3.05, 3.63) is 29.8 Å². The highest BCUT2D eigenvalue weighted by Crippen LogP contribution is 2.33. The average Bonchev–Trinajstić information content (AvgIpc) is 2.95. The van der Waals surface area contributed by atoms with Crippen LogP contribution in [0.25, 0.3) is 0 Å². The summed E-state index contributed by atoms with van der Waals surface area (Å²) in [7, 11) is -3.79. The molecule has 110 valence electrons. The maximum Gasteiger partial charge on any atom is 0.297 e. The number of alkyl halides is 1. The monoisotopic (exact) mass is 362 g/mol. The van der Waals surface area contributed by atoms with Crippen molar-refractivity contribution < 1.29 is 22.1 Å². The summed E-state index contributed by atoms with van der Waals surface area (Å²) in [6.07, 6.45) is -1.07. The molecule has 3 rings (SSSR count). The minimum Gasteiger partial charge on any atom is -0.371 e. The predicted octanol–water partition coefficient (Wildman–Crippen LogP) is 1.63. The average molecular weight is 363 g/mol. The van der Waals surface area contributed by atoms with Gasteiger partial charge in [0.1, 0.15) is 18.3 Å². The van der Waals surface area contributed by atoms with E-state index in [1.54, 1.807) is 24.3 Å². The van der Waals surface area contributed by atoms with Crippen molar-refractivity contribution in [1.82, 2.24) is 0 Å². The van der Waals surface area contributed by atoms with E-state index in [4.69, 9.17) is 13.7 Å². The highest BCUT2D eigenvalue weighted by atomic mass is 79.9. The van der Waals surface area contributed by atoms with Crippen LogP contribution in [0.3, 0.4) is 0 Å². The van der Waals surface area contributed by atoms with Crippen LogP contribution >= 0.6 is 15.9 Å². The van der Waals surface area contributed by atoms with Gasteiger partial charge in [-0.1, -0.05) is 33.6 Å². The smallest absolute Gasteiger partial charge is 0.297 e. The van der Waals surface area contributed by atoms with Gasteiger partial charge in [-0.3, -0.25) is 4.18 Å². The molecular formula is C13H15BrO5S. The molecule has 0 spiro atoms. The quantitative estimate of drug-likeness (QED) is 0.604. The lowest BCUT2D eigenvalue weighted by Crippen LogP contribution is -2.33. The number of ether oxygens (including phenoxy) is 2. The lowest BCUT2D eigenvalue weighted by atomic mass is 10.1. The molecular weight excluding hydrogens is 348 g/mol. The first kappa shape index (κ1) is 14.5.